The first-order chi connectivity index (χ1) is 8.24. The van der Waals surface area contributed by atoms with Crippen LogP contribution in [0.4, 0.5) is 0 Å². The summed E-state index contributed by atoms with van der Waals surface area (Å²) < 4.78 is 5.26. The maximum atomic E-state index is 10.6. The van der Waals surface area contributed by atoms with Crippen LogP contribution in [0.5, 0.6) is 0 Å². The molecule has 0 saturated heterocycles. The molecule has 1 aliphatic carbocycles. The summed E-state index contributed by atoms with van der Waals surface area (Å²) in [5.74, 6) is 0.656. The minimum absolute atomic E-state index is 0.324. The van der Waals surface area contributed by atoms with Gasteiger partial charge in [-0.1, -0.05) is 0 Å². The number of hydrogen-bond acceptors (Lipinski definition) is 3. The molecule has 1 aromatic rings. The van der Waals surface area contributed by atoms with Gasteiger partial charge in [-0.25, -0.2) is 0 Å². The Morgan fingerprint density at radius 3 is 2.76 bits per heavy atom. The van der Waals surface area contributed by atoms with Crippen LogP contribution < -0.4 is 5.32 Å². The van der Waals surface area contributed by atoms with Gasteiger partial charge in [0.05, 0.1) is 12.8 Å². The van der Waals surface area contributed by atoms with Gasteiger partial charge >= 0.3 is 5.97 Å². The van der Waals surface area contributed by atoms with Crippen LogP contribution in [0.25, 0.3) is 0 Å². The minimum Gasteiger partial charge on any atom is -0.481 e. The molecule has 2 N–H and O–H groups in total. The fraction of sp³-hybridized carbons (Fsp3) is 0.615. The number of hydrogen-bond donors (Lipinski definition) is 2. The number of carboxylic acid groups (broad SMARTS) is 1. The van der Waals surface area contributed by atoms with Crippen molar-refractivity contribution >= 4 is 5.97 Å². The van der Waals surface area contributed by atoms with E-state index in [1.807, 2.05) is 12.1 Å². The lowest BCUT2D eigenvalue weighted by Crippen LogP contribution is -2.33. The highest BCUT2D eigenvalue weighted by Gasteiger charge is 2.22. The van der Waals surface area contributed by atoms with E-state index in [4.69, 9.17) is 9.52 Å². The van der Waals surface area contributed by atoms with E-state index in [1.165, 1.54) is 0 Å². The molecule has 0 aromatic carbocycles. The summed E-state index contributed by atoms with van der Waals surface area (Å²) in [7, 11) is 0. The molecule has 1 aliphatic rings. The van der Waals surface area contributed by atoms with Gasteiger partial charge in [-0.05, 0) is 43.7 Å². The quantitative estimate of drug-likeness (QED) is 0.825. The van der Waals surface area contributed by atoms with Crippen molar-refractivity contribution < 1.29 is 14.3 Å². The van der Waals surface area contributed by atoms with Gasteiger partial charge < -0.3 is 14.8 Å². The smallest absolute Gasteiger partial charge is 0.303 e. The summed E-state index contributed by atoms with van der Waals surface area (Å²) in [6.07, 6.45) is 6.17. The predicted molar refractivity (Wildman–Crippen MR) is 63.5 cm³/mol. The molecule has 0 aliphatic heterocycles. The first kappa shape index (κ1) is 12.2. The molecule has 0 atom stereocenters. The summed E-state index contributed by atoms with van der Waals surface area (Å²) >= 11 is 0. The van der Waals surface area contributed by atoms with E-state index in [9.17, 15) is 4.79 Å². The van der Waals surface area contributed by atoms with E-state index in [0.29, 0.717) is 18.4 Å². The van der Waals surface area contributed by atoms with Gasteiger partial charge in [0.25, 0.3) is 0 Å². The summed E-state index contributed by atoms with van der Waals surface area (Å²) in [6, 6.07) is 4.36. The number of furan rings is 1. The number of carboxylic acids is 1. The Kier molecular flexibility index (Phi) is 4.20. The van der Waals surface area contributed by atoms with Crippen LogP contribution in [0, 0.1) is 5.92 Å². The van der Waals surface area contributed by atoms with Crippen molar-refractivity contribution in [2.45, 2.75) is 44.7 Å². The molecule has 17 heavy (non-hydrogen) atoms. The highest BCUT2D eigenvalue weighted by atomic mass is 16.4. The average molecular weight is 237 g/mol. The topological polar surface area (TPSA) is 62.5 Å². The maximum Gasteiger partial charge on any atom is 0.303 e. The van der Waals surface area contributed by atoms with E-state index in [1.54, 1.807) is 6.26 Å². The van der Waals surface area contributed by atoms with Crippen LogP contribution >= 0.6 is 0 Å². The second-order valence-electron chi connectivity index (χ2n) is 4.78. The van der Waals surface area contributed by atoms with Crippen molar-refractivity contribution in [3.05, 3.63) is 24.2 Å². The third-order valence-electron chi connectivity index (χ3n) is 3.46. The van der Waals surface area contributed by atoms with Crippen molar-refractivity contribution in [2.75, 3.05) is 0 Å². The van der Waals surface area contributed by atoms with Crippen molar-refractivity contribution in [3.63, 3.8) is 0 Å². The molecule has 2 rings (SSSR count). The molecule has 4 nitrogen and oxygen atoms in total. The summed E-state index contributed by atoms with van der Waals surface area (Å²) in [6.45, 7) is 0.765. The molecule has 0 unspecified atom stereocenters. The molecule has 94 valence electrons. The molecule has 0 spiro atoms. The van der Waals surface area contributed by atoms with E-state index in [0.717, 1.165) is 38.0 Å². The zero-order chi connectivity index (χ0) is 12.1. The maximum absolute atomic E-state index is 10.6. The molecular formula is C13H19NO3. The van der Waals surface area contributed by atoms with Gasteiger partial charge in [0.1, 0.15) is 5.76 Å². The lowest BCUT2D eigenvalue weighted by atomic mass is 9.84. The minimum atomic E-state index is -0.669. The fourth-order valence-corrected chi connectivity index (χ4v) is 2.48. The van der Waals surface area contributed by atoms with Gasteiger partial charge in [-0.2, -0.15) is 0 Å². The van der Waals surface area contributed by atoms with Gasteiger partial charge in [0.15, 0.2) is 0 Å². The second-order valence-corrected chi connectivity index (χ2v) is 4.78. The van der Waals surface area contributed by atoms with E-state index in [-0.39, 0.29) is 0 Å². The largest absolute Gasteiger partial charge is 0.481 e. The Labute approximate surface area is 101 Å². The molecule has 0 bridgehead atoms. The van der Waals surface area contributed by atoms with Crippen LogP contribution in [0.15, 0.2) is 22.8 Å². The summed E-state index contributed by atoms with van der Waals surface area (Å²) in [5, 5.41) is 12.2. The molecular weight excluding hydrogens is 218 g/mol. The van der Waals surface area contributed by atoms with Gasteiger partial charge in [-0.15, -0.1) is 0 Å². The number of carbonyl (C=O) groups is 1. The van der Waals surface area contributed by atoms with Crippen LogP contribution in [0.1, 0.15) is 37.9 Å². The predicted octanol–water partition coefficient (Wildman–Crippen LogP) is 2.40. The number of rotatable bonds is 5. The van der Waals surface area contributed by atoms with Crippen LogP contribution in [0.3, 0.4) is 0 Å². The highest BCUT2D eigenvalue weighted by molar-refractivity contribution is 5.67. The van der Waals surface area contributed by atoms with Crippen LogP contribution in [0.2, 0.25) is 0 Å². The molecule has 1 aromatic heterocycles. The highest BCUT2D eigenvalue weighted by Crippen LogP contribution is 2.26. The van der Waals surface area contributed by atoms with E-state index >= 15 is 0 Å². The fourth-order valence-electron chi connectivity index (χ4n) is 2.48. The second kappa shape index (κ2) is 5.87. The lowest BCUT2D eigenvalue weighted by molar-refractivity contribution is -0.138. The van der Waals surface area contributed by atoms with Crippen molar-refractivity contribution in [1.82, 2.24) is 5.32 Å². The Morgan fingerprint density at radius 2 is 2.18 bits per heavy atom. The Hall–Kier alpha value is -1.29. The van der Waals surface area contributed by atoms with E-state index in [2.05, 4.69) is 5.32 Å². The molecule has 4 heteroatoms. The Balaban J connectivity index is 1.67. The molecule has 1 saturated carbocycles. The Bertz CT molecular complexity index is 340. The third kappa shape index (κ3) is 3.89. The van der Waals surface area contributed by atoms with Crippen molar-refractivity contribution in [1.29, 1.82) is 0 Å². The average Bonchev–Trinajstić information content (AvgIpc) is 2.80. The zero-order valence-corrected chi connectivity index (χ0v) is 9.89. The summed E-state index contributed by atoms with van der Waals surface area (Å²) in [5.41, 5.74) is 0. The third-order valence-corrected chi connectivity index (χ3v) is 3.46. The molecule has 1 heterocycles. The molecule has 0 amide bonds. The zero-order valence-electron chi connectivity index (χ0n) is 9.89. The van der Waals surface area contributed by atoms with Gasteiger partial charge in [0.2, 0.25) is 0 Å². The monoisotopic (exact) mass is 237 g/mol. The standard InChI is InChI=1S/C13H19NO3/c15-13(16)8-10-3-5-11(6-4-10)14-9-12-2-1-7-17-12/h1-2,7,10-11,14H,3-6,8-9H2,(H,15,16). The molecule has 1 fully saturated rings. The number of nitrogens with one attached hydrogen (secondary N) is 1. The number of aliphatic carboxylic acids is 1. The van der Waals surface area contributed by atoms with Crippen molar-refractivity contribution in [2.24, 2.45) is 5.92 Å². The molecule has 0 radical (unpaired) electrons. The van der Waals surface area contributed by atoms with E-state index < -0.39 is 5.97 Å². The Morgan fingerprint density at radius 1 is 1.41 bits per heavy atom. The SMILES string of the molecule is O=C(O)CC1CCC(NCc2ccco2)CC1. The normalized spacial score (nSPS) is 24.7. The summed E-state index contributed by atoms with van der Waals surface area (Å²) in [4.78, 5) is 10.6. The van der Waals surface area contributed by atoms with Crippen LogP contribution in [-0.2, 0) is 11.3 Å². The first-order valence-corrected chi connectivity index (χ1v) is 6.21. The first-order valence-electron chi connectivity index (χ1n) is 6.21. The van der Waals surface area contributed by atoms with Crippen molar-refractivity contribution in [3.8, 4) is 0 Å². The van der Waals surface area contributed by atoms with Crippen LogP contribution in [-0.4, -0.2) is 17.1 Å². The van der Waals surface area contributed by atoms with Gasteiger partial charge in [0, 0.05) is 12.5 Å². The lowest BCUT2D eigenvalue weighted by Gasteiger charge is -2.28. The van der Waals surface area contributed by atoms with Gasteiger partial charge in [-0.3, -0.25) is 4.79 Å².